The van der Waals surface area contributed by atoms with Crippen LogP contribution in [0.1, 0.15) is 13.8 Å². The van der Waals surface area contributed by atoms with Gasteiger partial charge in [0, 0.05) is 13.1 Å². The number of nitrogens with zero attached hydrogens (tertiary/aromatic N) is 3. The molecule has 1 heterocycles. The molecule has 1 aromatic heterocycles. The standard InChI is InChI=1S/C11H17N3O3/c1-4-16-10-6-9(12-8-13-10)14(3)7-11(15)17-5-2/h6,8H,4-5,7H2,1-3H3. The highest BCUT2D eigenvalue weighted by Crippen LogP contribution is 2.14. The minimum absolute atomic E-state index is 0.149. The normalized spacial score (nSPS) is 9.82. The van der Waals surface area contributed by atoms with Crippen molar-refractivity contribution in [2.45, 2.75) is 13.8 Å². The summed E-state index contributed by atoms with van der Waals surface area (Å²) in [5, 5.41) is 0. The molecule has 0 bridgehead atoms. The molecule has 94 valence electrons. The van der Waals surface area contributed by atoms with Crippen molar-refractivity contribution < 1.29 is 14.3 Å². The molecule has 0 N–H and O–H groups in total. The Morgan fingerprint density at radius 2 is 2.12 bits per heavy atom. The van der Waals surface area contributed by atoms with Gasteiger partial charge in [-0.1, -0.05) is 0 Å². The molecule has 6 heteroatoms. The number of hydrogen-bond acceptors (Lipinski definition) is 6. The molecule has 0 fully saturated rings. The SMILES string of the molecule is CCOC(=O)CN(C)c1cc(OCC)ncn1. The van der Waals surface area contributed by atoms with Crippen LogP contribution in [0, 0.1) is 0 Å². The Bertz CT molecular complexity index is 371. The van der Waals surface area contributed by atoms with Crippen LogP contribution in [0.15, 0.2) is 12.4 Å². The average molecular weight is 239 g/mol. The molecular formula is C11H17N3O3. The monoisotopic (exact) mass is 239 g/mol. The summed E-state index contributed by atoms with van der Waals surface area (Å²) in [4.78, 5) is 21.0. The summed E-state index contributed by atoms with van der Waals surface area (Å²) in [7, 11) is 1.76. The van der Waals surface area contributed by atoms with Crippen LogP contribution >= 0.6 is 0 Å². The number of carbonyl (C=O) groups excluding carboxylic acids is 1. The van der Waals surface area contributed by atoms with Gasteiger partial charge in [-0.05, 0) is 13.8 Å². The highest BCUT2D eigenvalue weighted by molar-refractivity contribution is 5.75. The van der Waals surface area contributed by atoms with Gasteiger partial charge in [-0.15, -0.1) is 0 Å². The van der Waals surface area contributed by atoms with Crippen LogP contribution in [0.3, 0.4) is 0 Å². The number of likely N-dealkylation sites (N-methyl/N-ethyl adjacent to an activating group) is 1. The summed E-state index contributed by atoms with van der Waals surface area (Å²) >= 11 is 0. The van der Waals surface area contributed by atoms with Crippen LogP contribution < -0.4 is 9.64 Å². The van der Waals surface area contributed by atoms with E-state index in [1.165, 1.54) is 6.33 Å². The zero-order valence-electron chi connectivity index (χ0n) is 10.3. The fourth-order valence-corrected chi connectivity index (χ4v) is 1.25. The summed E-state index contributed by atoms with van der Waals surface area (Å²) in [5.41, 5.74) is 0. The Balaban J connectivity index is 2.64. The molecule has 0 aliphatic heterocycles. The minimum atomic E-state index is -0.286. The molecule has 6 nitrogen and oxygen atoms in total. The molecule has 1 rings (SSSR count). The first kappa shape index (κ1) is 13.2. The maximum Gasteiger partial charge on any atom is 0.325 e. The molecule has 0 atom stereocenters. The molecule has 0 aliphatic carbocycles. The molecule has 0 aliphatic rings. The molecule has 1 aromatic rings. The van der Waals surface area contributed by atoms with E-state index in [-0.39, 0.29) is 12.5 Å². The third kappa shape index (κ3) is 4.26. The van der Waals surface area contributed by atoms with Gasteiger partial charge in [0.1, 0.15) is 18.7 Å². The smallest absolute Gasteiger partial charge is 0.325 e. The lowest BCUT2D eigenvalue weighted by Crippen LogP contribution is -2.27. The Labute approximate surface area is 101 Å². The van der Waals surface area contributed by atoms with Gasteiger partial charge < -0.3 is 14.4 Å². The first-order valence-corrected chi connectivity index (χ1v) is 5.49. The molecule has 0 saturated carbocycles. The van der Waals surface area contributed by atoms with Gasteiger partial charge in [0.25, 0.3) is 0 Å². The van der Waals surface area contributed by atoms with Crippen LogP contribution in [0.5, 0.6) is 5.88 Å². The van der Waals surface area contributed by atoms with Gasteiger partial charge in [-0.2, -0.15) is 0 Å². The van der Waals surface area contributed by atoms with Gasteiger partial charge in [-0.25, -0.2) is 9.97 Å². The van der Waals surface area contributed by atoms with E-state index in [2.05, 4.69) is 9.97 Å². The molecule has 0 saturated heterocycles. The Morgan fingerprint density at radius 1 is 1.35 bits per heavy atom. The molecular weight excluding hydrogens is 222 g/mol. The van der Waals surface area contributed by atoms with Crippen molar-refractivity contribution in [3.05, 3.63) is 12.4 Å². The molecule has 0 amide bonds. The fourth-order valence-electron chi connectivity index (χ4n) is 1.25. The van der Waals surface area contributed by atoms with Crippen molar-refractivity contribution in [3.8, 4) is 5.88 Å². The minimum Gasteiger partial charge on any atom is -0.478 e. The van der Waals surface area contributed by atoms with Crippen LogP contribution in [0.4, 0.5) is 5.82 Å². The summed E-state index contributed by atoms with van der Waals surface area (Å²) in [6.07, 6.45) is 1.40. The van der Waals surface area contributed by atoms with Gasteiger partial charge in [0.2, 0.25) is 5.88 Å². The Kier molecular flexibility index (Phi) is 5.19. The van der Waals surface area contributed by atoms with Crippen molar-refractivity contribution in [3.63, 3.8) is 0 Å². The Hall–Kier alpha value is -1.85. The second kappa shape index (κ2) is 6.67. The van der Waals surface area contributed by atoms with Gasteiger partial charge >= 0.3 is 5.97 Å². The van der Waals surface area contributed by atoms with Gasteiger partial charge in [-0.3, -0.25) is 4.79 Å². The molecule has 0 aromatic carbocycles. The highest BCUT2D eigenvalue weighted by atomic mass is 16.5. The summed E-state index contributed by atoms with van der Waals surface area (Å²) in [5.74, 6) is 0.830. The van der Waals surface area contributed by atoms with E-state index in [0.29, 0.717) is 24.9 Å². The fraction of sp³-hybridized carbons (Fsp3) is 0.545. The van der Waals surface area contributed by atoms with Gasteiger partial charge in [0.15, 0.2) is 0 Å². The van der Waals surface area contributed by atoms with E-state index in [9.17, 15) is 4.79 Å². The maximum absolute atomic E-state index is 11.3. The van der Waals surface area contributed by atoms with Crippen molar-refractivity contribution in [2.24, 2.45) is 0 Å². The van der Waals surface area contributed by atoms with Crippen LogP contribution in [-0.2, 0) is 9.53 Å². The number of anilines is 1. The second-order valence-electron chi connectivity index (χ2n) is 3.31. The lowest BCUT2D eigenvalue weighted by Gasteiger charge is -2.17. The van der Waals surface area contributed by atoms with Gasteiger partial charge in [0.05, 0.1) is 13.2 Å². The number of esters is 1. The number of aromatic nitrogens is 2. The molecule has 0 spiro atoms. The number of ether oxygens (including phenoxy) is 2. The van der Waals surface area contributed by atoms with Crippen molar-refractivity contribution in [2.75, 3.05) is 31.7 Å². The van der Waals surface area contributed by atoms with Crippen molar-refractivity contribution >= 4 is 11.8 Å². The maximum atomic E-state index is 11.3. The summed E-state index contributed by atoms with van der Waals surface area (Å²) in [6, 6.07) is 1.68. The molecule has 17 heavy (non-hydrogen) atoms. The summed E-state index contributed by atoms with van der Waals surface area (Å²) < 4.78 is 10.1. The van der Waals surface area contributed by atoms with E-state index in [1.54, 1.807) is 24.9 Å². The molecule has 0 radical (unpaired) electrons. The number of hydrogen-bond donors (Lipinski definition) is 0. The third-order valence-corrected chi connectivity index (χ3v) is 1.98. The predicted octanol–water partition coefficient (Wildman–Crippen LogP) is 0.875. The van der Waals surface area contributed by atoms with Crippen molar-refractivity contribution in [1.82, 2.24) is 9.97 Å². The van der Waals surface area contributed by atoms with Crippen LogP contribution in [0.25, 0.3) is 0 Å². The quantitative estimate of drug-likeness (QED) is 0.686. The highest BCUT2D eigenvalue weighted by Gasteiger charge is 2.10. The predicted molar refractivity (Wildman–Crippen MR) is 63.1 cm³/mol. The van der Waals surface area contributed by atoms with E-state index in [1.807, 2.05) is 6.92 Å². The molecule has 0 unspecified atom stereocenters. The van der Waals surface area contributed by atoms with E-state index >= 15 is 0 Å². The topological polar surface area (TPSA) is 64.5 Å². The van der Waals surface area contributed by atoms with Crippen LogP contribution in [0.2, 0.25) is 0 Å². The number of carbonyl (C=O) groups is 1. The third-order valence-electron chi connectivity index (χ3n) is 1.98. The first-order valence-electron chi connectivity index (χ1n) is 5.49. The largest absolute Gasteiger partial charge is 0.478 e. The lowest BCUT2D eigenvalue weighted by molar-refractivity contribution is -0.141. The zero-order valence-corrected chi connectivity index (χ0v) is 10.3. The second-order valence-corrected chi connectivity index (χ2v) is 3.31. The van der Waals surface area contributed by atoms with E-state index in [0.717, 1.165) is 0 Å². The summed E-state index contributed by atoms with van der Waals surface area (Å²) in [6.45, 7) is 4.72. The van der Waals surface area contributed by atoms with Crippen molar-refractivity contribution in [1.29, 1.82) is 0 Å². The van der Waals surface area contributed by atoms with E-state index < -0.39 is 0 Å². The number of rotatable bonds is 6. The van der Waals surface area contributed by atoms with E-state index in [4.69, 9.17) is 9.47 Å². The average Bonchev–Trinajstić information content (AvgIpc) is 2.30. The zero-order chi connectivity index (χ0) is 12.7. The van der Waals surface area contributed by atoms with Crippen LogP contribution in [-0.4, -0.2) is 42.7 Å². The Morgan fingerprint density at radius 3 is 2.76 bits per heavy atom. The first-order chi connectivity index (χ1) is 8.17. The lowest BCUT2D eigenvalue weighted by atomic mass is 10.4.